The summed E-state index contributed by atoms with van der Waals surface area (Å²) in [5.74, 6) is 2.62. The van der Waals surface area contributed by atoms with Gasteiger partial charge in [-0.15, -0.1) is 0 Å². The van der Waals surface area contributed by atoms with Crippen molar-refractivity contribution in [1.29, 1.82) is 0 Å². The van der Waals surface area contributed by atoms with Crippen LogP contribution in [0.5, 0.6) is 0 Å². The summed E-state index contributed by atoms with van der Waals surface area (Å²) < 4.78 is 5.69. The summed E-state index contributed by atoms with van der Waals surface area (Å²) >= 11 is 1.67. The fourth-order valence-corrected chi connectivity index (χ4v) is 4.72. The van der Waals surface area contributed by atoms with Crippen LogP contribution in [0.15, 0.2) is 53.0 Å². The molecule has 172 valence electrons. The summed E-state index contributed by atoms with van der Waals surface area (Å²) in [6.07, 6.45) is 5.71. The third-order valence-electron chi connectivity index (χ3n) is 5.48. The maximum absolute atomic E-state index is 12.2. The molecule has 2 atom stereocenters. The normalized spacial score (nSPS) is 17.4. The number of hydrogen-bond donors (Lipinski definition) is 2. The van der Waals surface area contributed by atoms with E-state index in [1.807, 2.05) is 54.3 Å². The van der Waals surface area contributed by atoms with Crippen molar-refractivity contribution < 1.29 is 24.2 Å². The number of likely N-dealkylation sites (tertiary alicyclic amines) is 1. The second-order valence-electron chi connectivity index (χ2n) is 8.07. The van der Waals surface area contributed by atoms with Crippen LogP contribution in [0.1, 0.15) is 37.0 Å². The quantitative estimate of drug-likeness (QED) is 0.365. The van der Waals surface area contributed by atoms with Crippen molar-refractivity contribution >= 4 is 23.6 Å². The summed E-state index contributed by atoms with van der Waals surface area (Å²) in [4.78, 5) is 24.7. The predicted molar refractivity (Wildman–Crippen MR) is 127 cm³/mol. The highest BCUT2D eigenvalue weighted by Crippen LogP contribution is 2.24. The monoisotopic (exact) mass is 457 g/mol. The first-order valence-corrected chi connectivity index (χ1v) is 12.2. The third-order valence-corrected chi connectivity index (χ3v) is 6.53. The zero-order chi connectivity index (χ0) is 22.9. The number of carboxylic acids is 1. The van der Waals surface area contributed by atoms with Crippen LogP contribution < -0.4 is 0 Å². The number of benzene rings is 1. The molecular formula is C25H31NO5S. The van der Waals surface area contributed by atoms with Gasteiger partial charge < -0.3 is 19.5 Å². The molecule has 7 heteroatoms. The molecule has 0 radical (unpaired) electrons. The van der Waals surface area contributed by atoms with E-state index < -0.39 is 12.1 Å². The number of aryl methyl sites for hydroxylation is 1. The molecule has 1 aromatic heterocycles. The molecule has 0 aliphatic carbocycles. The number of amides is 1. The van der Waals surface area contributed by atoms with Crippen LogP contribution in [-0.2, 0) is 16.0 Å². The number of furan rings is 1. The van der Waals surface area contributed by atoms with Crippen molar-refractivity contribution in [3.05, 3.63) is 59.9 Å². The second kappa shape index (κ2) is 11.9. The molecule has 0 bridgehead atoms. The summed E-state index contributed by atoms with van der Waals surface area (Å²) in [6, 6.07) is 11.9. The minimum atomic E-state index is -0.771. The maximum Gasteiger partial charge on any atom is 0.303 e. The average molecular weight is 458 g/mol. The first-order valence-electron chi connectivity index (χ1n) is 11.0. The fraction of sp³-hybridized carbons (Fsp3) is 0.440. The molecule has 0 unspecified atom stereocenters. The summed E-state index contributed by atoms with van der Waals surface area (Å²) in [5.41, 5.74) is 2.01. The Hall–Kier alpha value is -2.51. The number of aliphatic hydroxyl groups excluding tert-OH is 1. The van der Waals surface area contributed by atoms with Gasteiger partial charge in [0.15, 0.2) is 0 Å². The molecule has 2 N–H and O–H groups in total. The lowest BCUT2D eigenvalue weighted by atomic mass is 10.0. The van der Waals surface area contributed by atoms with E-state index in [-0.39, 0.29) is 18.4 Å². The highest BCUT2D eigenvalue weighted by molar-refractivity contribution is 7.99. The Morgan fingerprint density at radius 1 is 1.31 bits per heavy atom. The molecule has 2 aromatic rings. The summed E-state index contributed by atoms with van der Waals surface area (Å²) in [7, 11) is 0. The molecule has 1 aliphatic heterocycles. The van der Waals surface area contributed by atoms with E-state index in [4.69, 9.17) is 9.52 Å². The molecular weight excluding hydrogens is 426 g/mol. The van der Waals surface area contributed by atoms with Crippen LogP contribution in [0.3, 0.4) is 0 Å². The number of aliphatic carboxylic acids is 1. The lowest BCUT2D eigenvalue weighted by Crippen LogP contribution is -2.34. The predicted octanol–water partition coefficient (Wildman–Crippen LogP) is 4.30. The molecule has 1 amide bonds. The molecule has 3 rings (SSSR count). The molecule has 1 aromatic carbocycles. The van der Waals surface area contributed by atoms with Crippen LogP contribution in [0, 0.1) is 6.92 Å². The standard InChI is InChI=1S/C25H31NO5S/c1-18-7-11-23(31-18)20-5-2-4-19(16-20)17-22(27)10-8-21-9-12-24(28)26(21)13-15-32-14-3-6-25(29)30/h2,4-5,7-8,10-11,16,21-22,27H,3,6,9,12-15,17H2,1H3,(H,29,30)/b10-8+/t21-,22+/m0/s1. The molecule has 1 aliphatic rings. The number of rotatable bonds is 12. The lowest BCUT2D eigenvalue weighted by Gasteiger charge is -2.22. The van der Waals surface area contributed by atoms with Crippen molar-refractivity contribution in [2.24, 2.45) is 0 Å². The smallest absolute Gasteiger partial charge is 0.303 e. The van der Waals surface area contributed by atoms with Crippen LogP contribution in [0.2, 0.25) is 0 Å². The number of carbonyl (C=O) groups is 2. The average Bonchev–Trinajstić information content (AvgIpc) is 3.35. The first-order chi connectivity index (χ1) is 15.4. The first kappa shape index (κ1) is 24.1. The number of nitrogens with zero attached hydrogens (tertiary/aromatic N) is 1. The van der Waals surface area contributed by atoms with Crippen molar-refractivity contribution in [3.63, 3.8) is 0 Å². The maximum atomic E-state index is 12.2. The van der Waals surface area contributed by atoms with Gasteiger partial charge in [-0.05, 0) is 49.3 Å². The second-order valence-corrected chi connectivity index (χ2v) is 9.29. The van der Waals surface area contributed by atoms with Gasteiger partial charge in [0.05, 0.1) is 12.1 Å². The van der Waals surface area contributed by atoms with Crippen molar-refractivity contribution in [3.8, 4) is 11.3 Å². The Bertz CT molecular complexity index is 938. The van der Waals surface area contributed by atoms with Gasteiger partial charge in [-0.3, -0.25) is 9.59 Å². The largest absolute Gasteiger partial charge is 0.481 e. The fourth-order valence-electron chi connectivity index (χ4n) is 3.84. The topological polar surface area (TPSA) is 91.0 Å². The van der Waals surface area contributed by atoms with E-state index in [9.17, 15) is 14.7 Å². The van der Waals surface area contributed by atoms with Crippen molar-refractivity contribution in [2.75, 3.05) is 18.1 Å². The molecule has 6 nitrogen and oxygen atoms in total. The van der Waals surface area contributed by atoms with Gasteiger partial charge in [0.2, 0.25) is 5.91 Å². The van der Waals surface area contributed by atoms with Crippen LogP contribution in [0.4, 0.5) is 0 Å². The SMILES string of the molecule is Cc1ccc(-c2cccc(C[C@H](O)/C=C/[C@H]3CCC(=O)N3CCSCCCC(=O)O)c2)o1. The minimum Gasteiger partial charge on any atom is -0.481 e. The molecule has 0 saturated carbocycles. The summed E-state index contributed by atoms with van der Waals surface area (Å²) in [5, 5.41) is 19.2. The number of aliphatic hydroxyl groups is 1. The zero-order valence-corrected chi connectivity index (χ0v) is 19.2. The van der Waals surface area contributed by atoms with Gasteiger partial charge >= 0.3 is 5.97 Å². The van der Waals surface area contributed by atoms with E-state index >= 15 is 0 Å². The molecule has 2 heterocycles. The Balaban J connectivity index is 1.49. The van der Waals surface area contributed by atoms with E-state index in [1.165, 1.54) is 0 Å². The Morgan fingerprint density at radius 3 is 2.91 bits per heavy atom. The van der Waals surface area contributed by atoms with Gasteiger partial charge in [-0.1, -0.05) is 30.4 Å². The summed E-state index contributed by atoms with van der Waals surface area (Å²) in [6.45, 7) is 2.56. The van der Waals surface area contributed by atoms with Gasteiger partial charge in [-0.2, -0.15) is 11.8 Å². The van der Waals surface area contributed by atoms with Gasteiger partial charge in [0.25, 0.3) is 0 Å². The van der Waals surface area contributed by atoms with E-state index in [1.54, 1.807) is 17.8 Å². The zero-order valence-electron chi connectivity index (χ0n) is 18.4. The molecule has 1 saturated heterocycles. The number of carbonyl (C=O) groups excluding carboxylic acids is 1. The van der Waals surface area contributed by atoms with Crippen molar-refractivity contribution in [2.45, 2.75) is 51.2 Å². The van der Waals surface area contributed by atoms with E-state index in [2.05, 4.69) is 0 Å². The highest BCUT2D eigenvalue weighted by Gasteiger charge is 2.28. The molecule has 32 heavy (non-hydrogen) atoms. The van der Waals surface area contributed by atoms with Crippen LogP contribution in [0.25, 0.3) is 11.3 Å². The number of thioether (sulfide) groups is 1. The lowest BCUT2D eigenvalue weighted by molar-refractivity contribution is -0.137. The molecule has 0 spiro atoms. The Kier molecular flexibility index (Phi) is 9.00. The molecule has 1 fully saturated rings. The van der Waals surface area contributed by atoms with Gasteiger partial charge in [0, 0.05) is 37.1 Å². The van der Waals surface area contributed by atoms with E-state index in [0.29, 0.717) is 25.8 Å². The minimum absolute atomic E-state index is 0.00852. The number of carboxylic acid groups (broad SMARTS) is 1. The number of hydrogen-bond acceptors (Lipinski definition) is 5. The third kappa shape index (κ3) is 7.28. The Labute approximate surface area is 193 Å². The highest BCUT2D eigenvalue weighted by atomic mass is 32.2. The Morgan fingerprint density at radius 2 is 2.16 bits per heavy atom. The van der Waals surface area contributed by atoms with Gasteiger partial charge in [-0.25, -0.2) is 0 Å². The van der Waals surface area contributed by atoms with Gasteiger partial charge in [0.1, 0.15) is 11.5 Å². The van der Waals surface area contributed by atoms with Crippen LogP contribution in [-0.4, -0.2) is 57.2 Å². The van der Waals surface area contributed by atoms with Crippen molar-refractivity contribution in [1.82, 2.24) is 4.90 Å². The van der Waals surface area contributed by atoms with E-state index in [0.717, 1.165) is 40.6 Å². The van der Waals surface area contributed by atoms with Crippen LogP contribution >= 0.6 is 11.8 Å².